The molecule has 0 unspecified atom stereocenters. The highest BCUT2D eigenvalue weighted by molar-refractivity contribution is 5.32. The SMILES string of the molecule is COCCN(CCOC)c1ncc(CO)c(C)n1. The van der Waals surface area contributed by atoms with Crippen molar-refractivity contribution in [2.45, 2.75) is 13.5 Å². The molecule has 0 aliphatic rings. The topological polar surface area (TPSA) is 67.7 Å². The molecule has 0 saturated heterocycles. The predicted molar refractivity (Wildman–Crippen MR) is 68.7 cm³/mol. The van der Waals surface area contributed by atoms with Crippen LogP contribution in [-0.4, -0.2) is 55.6 Å². The summed E-state index contributed by atoms with van der Waals surface area (Å²) in [5.74, 6) is 0.638. The lowest BCUT2D eigenvalue weighted by Gasteiger charge is -2.22. The first kappa shape index (κ1) is 14.8. The average molecular weight is 255 g/mol. The van der Waals surface area contributed by atoms with E-state index >= 15 is 0 Å². The molecule has 18 heavy (non-hydrogen) atoms. The van der Waals surface area contributed by atoms with Gasteiger partial charge in [-0.15, -0.1) is 0 Å². The normalized spacial score (nSPS) is 10.7. The fourth-order valence-corrected chi connectivity index (χ4v) is 1.50. The lowest BCUT2D eigenvalue weighted by atomic mass is 10.2. The maximum Gasteiger partial charge on any atom is 0.225 e. The summed E-state index contributed by atoms with van der Waals surface area (Å²) in [6, 6.07) is 0. The van der Waals surface area contributed by atoms with Crippen molar-refractivity contribution in [1.82, 2.24) is 9.97 Å². The molecular weight excluding hydrogens is 234 g/mol. The molecule has 0 spiro atoms. The summed E-state index contributed by atoms with van der Waals surface area (Å²) in [7, 11) is 3.32. The van der Waals surface area contributed by atoms with Gasteiger partial charge >= 0.3 is 0 Å². The van der Waals surface area contributed by atoms with E-state index in [1.54, 1.807) is 20.4 Å². The number of aryl methyl sites for hydroxylation is 1. The van der Waals surface area contributed by atoms with Crippen LogP contribution in [0.25, 0.3) is 0 Å². The van der Waals surface area contributed by atoms with Crippen LogP contribution in [0, 0.1) is 6.92 Å². The van der Waals surface area contributed by atoms with E-state index in [-0.39, 0.29) is 6.61 Å². The second-order valence-electron chi connectivity index (χ2n) is 3.91. The number of hydrogen-bond donors (Lipinski definition) is 1. The Bertz CT molecular complexity index is 352. The summed E-state index contributed by atoms with van der Waals surface area (Å²) in [5.41, 5.74) is 1.54. The van der Waals surface area contributed by atoms with Gasteiger partial charge in [-0.2, -0.15) is 0 Å². The second kappa shape index (κ2) is 7.97. The van der Waals surface area contributed by atoms with Gasteiger partial charge in [-0.05, 0) is 6.92 Å². The first-order valence-electron chi connectivity index (χ1n) is 5.89. The Morgan fingerprint density at radius 1 is 1.22 bits per heavy atom. The van der Waals surface area contributed by atoms with E-state index in [1.807, 2.05) is 11.8 Å². The summed E-state index contributed by atoms with van der Waals surface area (Å²) < 4.78 is 10.1. The van der Waals surface area contributed by atoms with E-state index in [9.17, 15) is 0 Å². The van der Waals surface area contributed by atoms with Crippen LogP contribution in [0.5, 0.6) is 0 Å². The number of hydrogen-bond acceptors (Lipinski definition) is 6. The van der Waals surface area contributed by atoms with E-state index in [0.29, 0.717) is 32.3 Å². The van der Waals surface area contributed by atoms with E-state index in [1.165, 1.54) is 0 Å². The zero-order valence-electron chi connectivity index (χ0n) is 11.2. The molecule has 1 N–H and O–H groups in total. The van der Waals surface area contributed by atoms with Crippen molar-refractivity contribution in [1.29, 1.82) is 0 Å². The summed E-state index contributed by atoms with van der Waals surface area (Å²) in [5, 5.41) is 9.10. The molecule has 1 heterocycles. The fraction of sp³-hybridized carbons (Fsp3) is 0.667. The summed E-state index contributed by atoms with van der Waals surface area (Å²) in [6.45, 7) is 4.45. The highest BCUT2D eigenvalue weighted by Crippen LogP contribution is 2.11. The quantitative estimate of drug-likeness (QED) is 0.724. The van der Waals surface area contributed by atoms with Crippen LogP contribution < -0.4 is 4.90 Å². The van der Waals surface area contributed by atoms with E-state index < -0.39 is 0 Å². The fourth-order valence-electron chi connectivity index (χ4n) is 1.50. The van der Waals surface area contributed by atoms with Crippen LogP contribution in [0.1, 0.15) is 11.3 Å². The lowest BCUT2D eigenvalue weighted by molar-refractivity contribution is 0.189. The molecule has 0 fully saturated rings. The Morgan fingerprint density at radius 2 is 1.83 bits per heavy atom. The standard InChI is InChI=1S/C12H21N3O3/c1-10-11(9-16)8-13-12(14-10)15(4-6-17-2)5-7-18-3/h8,16H,4-7,9H2,1-3H3. The van der Waals surface area contributed by atoms with Crippen molar-refractivity contribution in [3.8, 4) is 0 Å². The molecule has 0 bridgehead atoms. The van der Waals surface area contributed by atoms with E-state index in [2.05, 4.69) is 9.97 Å². The van der Waals surface area contributed by atoms with Gasteiger partial charge in [0.05, 0.1) is 19.8 Å². The van der Waals surface area contributed by atoms with Crippen molar-refractivity contribution in [2.75, 3.05) is 45.4 Å². The third-order valence-corrected chi connectivity index (χ3v) is 2.65. The van der Waals surface area contributed by atoms with Crippen LogP contribution in [0.2, 0.25) is 0 Å². The van der Waals surface area contributed by atoms with Crippen molar-refractivity contribution < 1.29 is 14.6 Å². The molecule has 0 atom stereocenters. The molecule has 0 aliphatic carbocycles. The lowest BCUT2D eigenvalue weighted by Crippen LogP contribution is -2.32. The number of nitrogens with zero attached hydrogens (tertiary/aromatic N) is 3. The van der Waals surface area contributed by atoms with Crippen LogP contribution >= 0.6 is 0 Å². The number of aliphatic hydroxyl groups is 1. The van der Waals surface area contributed by atoms with E-state index in [4.69, 9.17) is 14.6 Å². The van der Waals surface area contributed by atoms with Crippen molar-refractivity contribution in [2.24, 2.45) is 0 Å². The van der Waals surface area contributed by atoms with Gasteiger partial charge in [0.2, 0.25) is 5.95 Å². The molecule has 6 nitrogen and oxygen atoms in total. The number of aliphatic hydroxyl groups excluding tert-OH is 1. The first-order valence-corrected chi connectivity index (χ1v) is 5.89. The average Bonchev–Trinajstić information content (AvgIpc) is 2.39. The zero-order chi connectivity index (χ0) is 13.4. The Hall–Kier alpha value is -1.24. The van der Waals surface area contributed by atoms with Gasteiger partial charge in [-0.1, -0.05) is 0 Å². The maximum absolute atomic E-state index is 9.10. The van der Waals surface area contributed by atoms with Crippen molar-refractivity contribution >= 4 is 5.95 Å². The van der Waals surface area contributed by atoms with Crippen LogP contribution in [0.3, 0.4) is 0 Å². The number of anilines is 1. The van der Waals surface area contributed by atoms with Gasteiger partial charge in [0.1, 0.15) is 0 Å². The minimum absolute atomic E-state index is 0.0394. The van der Waals surface area contributed by atoms with Crippen LogP contribution in [0.4, 0.5) is 5.95 Å². The highest BCUT2D eigenvalue weighted by Gasteiger charge is 2.10. The van der Waals surface area contributed by atoms with Crippen molar-refractivity contribution in [3.63, 3.8) is 0 Å². The second-order valence-corrected chi connectivity index (χ2v) is 3.91. The van der Waals surface area contributed by atoms with Crippen LogP contribution in [-0.2, 0) is 16.1 Å². The predicted octanol–water partition coefficient (Wildman–Crippen LogP) is 0.377. The molecule has 0 amide bonds. The Kier molecular flexibility index (Phi) is 6.56. The first-order chi connectivity index (χ1) is 8.72. The number of ether oxygens (including phenoxy) is 2. The number of rotatable bonds is 8. The van der Waals surface area contributed by atoms with Crippen molar-refractivity contribution in [3.05, 3.63) is 17.5 Å². The molecule has 0 radical (unpaired) electrons. The van der Waals surface area contributed by atoms with Gasteiger partial charge in [-0.3, -0.25) is 0 Å². The van der Waals surface area contributed by atoms with E-state index in [0.717, 1.165) is 11.3 Å². The molecule has 1 rings (SSSR count). The molecule has 6 heteroatoms. The Labute approximate surface area is 108 Å². The number of aromatic nitrogens is 2. The minimum atomic E-state index is -0.0394. The minimum Gasteiger partial charge on any atom is -0.392 e. The molecule has 0 aliphatic heterocycles. The van der Waals surface area contributed by atoms with Gasteiger partial charge in [0, 0.05) is 44.8 Å². The molecule has 0 saturated carbocycles. The van der Waals surface area contributed by atoms with Gasteiger partial charge in [0.25, 0.3) is 0 Å². The molecule has 102 valence electrons. The third-order valence-electron chi connectivity index (χ3n) is 2.65. The molecule has 1 aromatic heterocycles. The summed E-state index contributed by atoms with van der Waals surface area (Å²) >= 11 is 0. The molecular formula is C12H21N3O3. The monoisotopic (exact) mass is 255 g/mol. The Balaban J connectivity index is 2.79. The number of methoxy groups -OCH3 is 2. The van der Waals surface area contributed by atoms with Gasteiger partial charge in [0.15, 0.2) is 0 Å². The maximum atomic E-state index is 9.10. The largest absolute Gasteiger partial charge is 0.392 e. The van der Waals surface area contributed by atoms with Crippen LogP contribution in [0.15, 0.2) is 6.20 Å². The molecule has 1 aromatic rings. The summed E-state index contributed by atoms with van der Waals surface area (Å²) in [4.78, 5) is 10.7. The van der Waals surface area contributed by atoms with Gasteiger partial charge < -0.3 is 19.5 Å². The third kappa shape index (κ3) is 4.21. The summed E-state index contributed by atoms with van der Waals surface area (Å²) in [6.07, 6.45) is 1.66. The van der Waals surface area contributed by atoms with Gasteiger partial charge in [-0.25, -0.2) is 9.97 Å². The zero-order valence-corrected chi connectivity index (χ0v) is 11.2. The smallest absolute Gasteiger partial charge is 0.225 e. The highest BCUT2D eigenvalue weighted by atomic mass is 16.5. The Morgan fingerprint density at radius 3 is 2.28 bits per heavy atom. The molecule has 0 aromatic carbocycles.